The molecule has 0 aromatic heterocycles. The smallest absolute Gasteiger partial charge is 0.120 e. The van der Waals surface area contributed by atoms with E-state index in [1.807, 2.05) is 12.1 Å². The minimum Gasteiger partial charge on any atom is -0.360 e. The van der Waals surface area contributed by atoms with Gasteiger partial charge in [0.25, 0.3) is 0 Å². The van der Waals surface area contributed by atoms with E-state index in [0.29, 0.717) is 6.42 Å². The molecule has 2 aromatic rings. The molecular weight excluding hydrogens is 270 g/mol. The topological polar surface area (TPSA) is 21.3 Å². The van der Waals surface area contributed by atoms with Crippen molar-refractivity contribution in [2.24, 2.45) is 0 Å². The van der Waals surface area contributed by atoms with Crippen LogP contribution in [0.3, 0.4) is 0 Å². The van der Waals surface area contributed by atoms with Gasteiger partial charge in [-0.05, 0) is 24.1 Å². The predicted molar refractivity (Wildman–Crippen MR) is 89.5 cm³/mol. The summed E-state index contributed by atoms with van der Waals surface area (Å²) in [5, 5.41) is 3.46. The minimum absolute atomic E-state index is 0.0212. The van der Waals surface area contributed by atoms with Crippen LogP contribution < -0.4 is 5.32 Å². The van der Waals surface area contributed by atoms with E-state index in [0.717, 1.165) is 19.5 Å². The third kappa shape index (κ3) is 2.92. The lowest BCUT2D eigenvalue weighted by Gasteiger charge is -2.36. The average Bonchev–Trinajstić information content (AvgIpc) is 2.80. The van der Waals surface area contributed by atoms with Crippen LogP contribution in [0.2, 0.25) is 0 Å². The lowest BCUT2D eigenvalue weighted by atomic mass is 9.83. The first-order valence-corrected chi connectivity index (χ1v) is 7.78. The van der Waals surface area contributed by atoms with E-state index in [4.69, 9.17) is 11.2 Å². The van der Waals surface area contributed by atoms with Gasteiger partial charge in [0.1, 0.15) is 5.60 Å². The zero-order chi connectivity index (χ0) is 15.3. The SMILES string of the molecule is C#CCC1CNCCC(c2ccccc2)(c2ccccc2)O1. The Balaban J connectivity index is 2.08. The Kier molecular flexibility index (Phi) is 4.58. The molecule has 1 fully saturated rings. The third-order valence-electron chi connectivity index (χ3n) is 4.22. The molecule has 0 saturated carbocycles. The summed E-state index contributed by atoms with van der Waals surface area (Å²) in [6.07, 6.45) is 7.05. The first-order valence-electron chi connectivity index (χ1n) is 7.78. The molecule has 1 aliphatic rings. The molecule has 0 spiro atoms. The standard InChI is InChI=1S/C20H21NO/c1-2-9-19-16-21-15-14-20(22-19,17-10-5-3-6-11-17)18-12-7-4-8-13-18/h1,3-8,10-13,19,21H,9,14-16H2. The second-order valence-electron chi connectivity index (χ2n) is 5.66. The Morgan fingerprint density at radius 2 is 1.64 bits per heavy atom. The van der Waals surface area contributed by atoms with Crippen molar-refractivity contribution in [2.75, 3.05) is 13.1 Å². The van der Waals surface area contributed by atoms with E-state index in [9.17, 15) is 0 Å². The first-order chi connectivity index (χ1) is 10.8. The Morgan fingerprint density at radius 1 is 1.05 bits per heavy atom. The van der Waals surface area contributed by atoms with Gasteiger partial charge in [-0.15, -0.1) is 12.3 Å². The van der Waals surface area contributed by atoms with Crippen LogP contribution in [0.1, 0.15) is 24.0 Å². The molecule has 1 atom stereocenters. The van der Waals surface area contributed by atoms with Crippen LogP contribution in [0.4, 0.5) is 0 Å². The molecule has 1 unspecified atom stereocenters. The number of ether oxygens (including phenoxy) is 1. The van der Waals surface area contributed by atoms with Crippen LogP contribution in [-0.4, -0.2) is 19.2 Å². The van der Waals surface area contributed by atoms with Crippen LogP contribution in [0.25, 0.3) is 0 Å². The molecule has 3 rings (SSSR count). The Bertz CT molecular complexity index is 590. The van der Waals surface area contributed by atoms with Gasteiger partial charge in [-0.3, -0.25) is 0 Å². The molecule has 0 bridgehead atoms. The van der Waals surface area contributed by atoms with Gasteiger partial charge >= 0.3 is 0 Å². The summed E-state index contributed by atoms with van der Waals surface area (Å²) in [6, 6.07) is 20.9. The quantitative estimate of drug-likeness (QED) is 0.876. The largest absolute Gasteiger partial charge is 0.360 e. The molecule has 1 heterocycles. The summed E-state index contributed by atoms with van der Waals surface area (Å²) in [4.78, 5) is 0. The van der Waals surface area contributed by atoms with Crippen molar-refractivity contribution in [3.8, 4) is 12.3 Å². The molecule has 2 heteroatoms. The van der Waals surface area contributed by atoms with Gasteiger partial charge in [-0.25, -0.2) is 0 Å². The fourth-order valence-electron chi connectivity index (χ4n) is 3.16. The summed E-state index contributed by atoms with van der Waals surface area (Å²) in [5.74, 6) is 2.74. The van der Waals surface area contributed by atoms with Gasteiger partial charge in [0.2, 0.25) is 0 Å². The van der Waals surface area contributed by atoms with E-state index in [1.165, 1.54) is 11.1 Å². The fourth-order valence-corrected chi connectivity index (χ4v) is 3.16. The average molecular weight is 291 g/mol. The summed E-state index contributed by atoms with van der Waals surface area (Å²) in [6.45, 7) is 1.70. The molecule has 1 aliphatic heterocycles. The maximum absolute atomic E-state index is 6.61. The lowest BCUT2D eigenvalue weighted by Crippen LogP contribution is -2.35. The van der Waals surface area contributed by atoms with Gasteiger partial charge < -0.3 is 10.1 Å². The number of benzene rings is 2. The van der Waals surface area contributed by atoms with Gasteiger partial charge in [-0.2, -0.15) is 0 Å². The lowest BCUT2D eigenvalue weighted by molar-refractivity contribution is -0.0611. The van der Waals surface area contributed by atoms with E-state index in [-0.39, 0.29) is 6.10 Å². The Hall–Kier alpha value is -2.08. The normalized spacial score (nSPS) is 20.8. The van der Waals surface area contributed by atoms with Crippen molar-refractivity contribution in [1.29, 1.82) is 0 Å². The highest BCUT2D eigenvalue weighted by Gasteiger charge is 2.38. The summed E-state index contributed by atoms with van der Waals surface area (Å²) < 4.78 is 6.61. The molecule has 2 nitrogen and oxygen atoms in total. The second kappa shape index (κ2) is 6.79. The molecule has 0 radical (unpaired) electrons. The maximum Gasteiger partial charge on any atom is 0.120 e. The maximum atomic E-state index is 6.61. The molecule has 112 valence electrons. The van der Waals surface area contributed by atoms with E-state index >= 15 is 0 Å². The predicted octanol–water partition coefficient (Wildman–Crippen LogP) is 3.33. The zero-order valence-corrected chi connectivity index (χ0v) is 12.7. The highest BCUT2D eigenvalue weighted by Crippen LogP contribution is 2.39. The summed E-state index contributed by atoms with van der Waals surface area (Å²) in [5.41, 5.74) is 1.94. The molecule has 0 aliphatic carbocycles. The van der Waals surface area contributed by atoms with E-state index < -0.39 is 5.60 Å². The van der Waals surface area contributed by atoms with Crippen molar-refractivity contribution in [3.63, 3.8) is 0 Å². The second-order valence-corrected chi connectivity index (χ2v) is 5.66. The van der Waals surface area contributed by atoms with Gasteiger partial charge in [0.15, 0.2) is 0 Å². The summed E-state index contributed by atoms with van der Waals surface area (Å²) in [7, 11) is 0. The van der Waals surface area contributed by atoms with Crippen LogP contribution in [0.15, 0.2) is 60.7 Å². The number of rotatable bonds is 3. The molecule has 2 aromatic carbocycles. The van der Waals surface area contributed by atoms with Crippen molar-refractivity contribution in [1.82, 2.24) is 5.32 Å². The van der Waals surface area contributed by atoms with Crippen molar-refractivity contribution in [2.45, 2.75) is 24.5 Å². The molecule has 0 amide bonds. The molecule has 1 saturated heterocycles. The monoisotopic (exact) mass is 291 g/mol. The highest BCUT2D eigenvalue weighted by atomic mass is 16.5. The minimum atomic E-state index is -0.437. The highest BCUT2D eigenvalue weighted by molar-refractivity contribution is 5.37. The first kappa shape index (κ1) is 14.8. The van der Waals surface area contributed by atoms with E-state index in [2.05, 4.69) is 59.8 Å². The third-order valence-corrected chi connectivity index (χ3v) is 4.22. The number of hydrogen-bond donors (Lipinski definition) is 1. The summed E-state index contributed by atoms with van der Waals surface area (Å²) >= 11 is 0. The van der Waals surface area contributed by atoms with Gasteiger partial charge in [-0.1, -0.05) is 60.7 Å². The zero-order valence-electron chi connectivity index (χ0n) is 12.7. The molecule has 1 N–H and O–H groups in total. The van der Waals surface area contributed by atoms with Crippen LogP contribution in [0.5, 0.6) is 0 Å². The van der Waals surface area contributed by atoms with Crippen LogP contribution in [-0.2, 0) is 10.3 Å². The van der Waals surface area contributed by atoms with Crippen LogP contribution >= 0.6 is 0 Å². The fraction of sp³-hybridized carbons (Fsp3) is 0.300. The molecule has 22 heavy (non-hydrogen) atoms. The van der Waals surface area contributed by atoms with E-state index in [1.54, 1.807) is 0 Å². The van der Waals surface area contributed by atoms with Crippen molar-refractivity contribution in [3.05, 3.63) is 71.8 Å². The Morgan fingerprint density at radius 3 is 2.18 bits per heavy atom. The van der Waals surface area contributed by atoms with Crippen molar-refractivity contribution < 1.29 is 4.74 Å². The molecular formula is C20H21NO. The van der Waals surface area contributed by atoms with Gasteiger partial charge in [0, 0.05) is 13.0 Å². The number of hydrogen-bond acceptors (Lipinski definition) is 2. The van der Waals surface area contributed by atoms with Crippen LogP contribution in [0, 0.1) is 12.3 Å². The number of nitrogens with one attached hydrogen (secondary N) is 1. The number of terminal acetylenes is 1. The van der Waals surface area contributed by atoms with Crippen molar-refractivity contribution >= 4 is 0 Å². The Labute approximate surface area is 132 Å². The van der Waals surface area contributed by atoms with Gasteiger partial charge in [0.05, 0.1) is 6.10 Å².